The summed E-state index contributed by atoms with van der Waals surface area (Å²) < 4.78 is 27.5. The predicted molar refractivity (Wildman–Crippen MR) is 80.1 cm³/mol. The van der Waals surface area contributed by atoms with Crippen molar-refractivity contribution in [1.82, 2.24) is 0 Å². The van der Waals surface area contributed by atoms with E-state index in [-0.39, 0.29) is 17.9 Å². The van der Waals surface area contributed by atoms with E-state index in [1.165, 1.54) is 18.4 Å². The largest absolute Gasteiger partial charge is 0.460 e. The maximum atomic E-state index is 11.8. The van der Waals surface area contributed by atoms with Crippen LogP contribution in [0.3, 0.4) is 0 Å². The standard InChI is InChI=1S/C15H20O5S/c1-5-20-14(17)13(16)11-6-8-12(9-7-11)15(2,3)10-21(4,18)19/h6-9H,5,10H2,1-4H3. The lowest BCUT2D eigenvalue weighted by molar-refractivity contribution is -0.137. The van der Waals surface area contributed by atoms with Crippen LogP contribution in [0.25, 0.3) is 0 Å². The second kappa shape index (κ2) is 6.39. The number of hydrogen-bond donors (Lipinski definition) is 0. The van der Waals surface area contributed by atoms with Crippen molar-refractivity contribution in [2.45, 2.75) is 26.2 Å². The Morgan fingerprint density at radius 2 is 1.67 bits per heavy atom. The van der Waals surface area contributed by atoms with Crippen molar-refractivity contribution < 1.29 is 22.7 Å². The van der Waals surface area contributed by atoms with Crippen LogP contribution in [0.15, 0.2) is 24.3 Å². The summed E-state index contributed by atoms with van der Waals surface area (Å²) in [6, 6.07) is 6.35. The smallest absolute Gasteiger partial charge is 0.379 e. The summed E-state index contributed by atoms with van der Waals surface area (Å²) in [5.74, 6) is -1.59. The Balaban J connectivity index is 2.97. The fourth-order valence-electron chi connectivity index (χ4n) is 2.13. The van der Waals surface area contributed by atoms with Gasteiger partial charge in [-0.15, -0.1) is 0 Å². The van der Waals surface area contributed by atoms with Gasteiger partial charge in [-0.05, 0) is 12.5 Å². The van der Waals surface area contributed by atoms with Crippen LogP contribution >= 0.6 is 0 Å². The summed E-state index contributed by atoms with van der Waals surface area (Å²) in [5, 5.41) is 0. The molecule has 0 saturated heterocycles. The number of benzene rings is 1. The molecule has 116 valence electrons. The Bertz CT molecular complexity index is 627. The molecule has 1 aromatic rings. The molecule has 0 N–H and O–H groups in total. The van der Waals surface area contributed by atoms with Gasteiger partial charge in [0.15, 0.2) is 0 Å². The average molecular weight is 312 g/mol. The quantitative estimate of drug-likeness (QED) is 0.454. The maximum Gasteiger partial charge on any atom is 0.379 e. The molecule has 0 bridgehead atoms. The molecule has 0 saturated carbocycles. The van der Waals surface area contributed by atoms with Gasteiger partial charge in [0.05, 0.1) is 12.4 Å². The van der Waals surface area contributed by atoms with Gasteiger partial charge in [0.2, 0.25) is 0 Å². The van der Waals surface area contributed by atoms with Crippen molar-refractivity contribution >= 4 is 21.6 Å². The minimum atomic E-state index is -3.12. The van der Waals surface area contributed by atoms with E-state index in [9.17, 15) is 18.0 Å². The van der Waals surface area contributed by atoms with E-state index in [0.717, 1.165) is 5.56 Å². The van der Waals surface area contributed by atoms with Crippen LogP contribution in [0.4, 0.5) is 0 Å². The summed E-state index contributed by atoms with van der Waals surface area (Å²) >= 11 is 0. The molecule has 0 atom stereocenters. The average Bonchev–Trinajstić information content (AvgIpc) is 2.35. The summed E-state index contributed by atoms with van der Waals surface area (Å²) in [6.07, 6.45) is 1.19. The van der Waals surface area contributed by atoms with Gasteiger partial charge in [-0.2, -0.15) is 0 Å². The molecule has 0 aliphatic heterocycles. The lowest BCUT2D eigenvalue weighted by Gasteiger charge is -2.24. The minimum absolute atomic E-state index is 0.00513. The summed E-state index contributed by atoms with van der Waals surface area (Å²) in [5.41, 5.74) is 0.444. The molecule has 0 fully saturated rings. The summed E-state index contributed by atoms with van der Waals surface area (Å²) in [6.45, 7) is 5.40. The number of sulfone groups is 1. The molecule has 1 rings (SSSR count). The molecule has 1 aromatic carbocycles. The van der Waals surface area contributed by atoms with Gasteiger partial charge >= 0.3 is 5.97 Å². The summed E-state index contributed by atoms with van der Waals surface area (Å²) in [7, 11) is -3.12. The van der Waals surface area contributed by atoms with Crippen LogP contribution in [0, 0.1) is 0 Å². The van der Waals surface area contributed by atoms with E-state index in [1.54, 1.807) is 19.1 Å². The first-order valence-corrected chi connectivity index (χ1v) is 8.62. The molecular weight excluding hydrogens is 292 g/mol. The fourth-order valence-corrected chi connectivity index (χ4v) is 3.60. The normalized spacial score (nSPS) is 12.0. The van der Waals surface area contributed by atoms with Crippen LogP contribution in [0.5, 0.6) is 0 Å². The van der Waals surface area contributed by atoms with Crippen LogP contribution in [0.1, 0.15) is 36.7 Å². The van der Waals surface area contributed by atoms with Gasteiger partial charge in [0.25, 0.3) is 5.78 Å². The molecule has 0 unspecified atom stereocenters. The topological polar surface area (TPSA) is 77.5 Å². The first kappa shape index (κ1) is 17.4. The Kier molecular flexibility index (Phi) is 5.28. The Morgan fingerprint density at radius 3 is 2.10 bits per heavy atom. The molecule has 0 aliphatic carbocycles. The van der Waals surface area contributed by atoms with Crippen molar-refractivity contribution in [1.29, 1.82) is 0 Å². The second-order valence-corrected chi connectivity index (χ2v) is 7.72. The number of esters is 1. The van der Waals surface area contributed by atoms with Crippen molar-refractivity contribution in [2.24, 2.45) is 0 Å². The van der Waals surface area contributed by atoms with Crippen molar-refractivity contribution in [3.05, 3.63) is 35.4 Å². The van der Waals surface area contributed by atoms with Crippen LogP contribution in [0.2, 0.25) is 0 Å². The zero-order chi connectivity index (χ0) is 16.3. The number of ketones is 1. The number of Topliss-reactive ketones (excluding diaryl/α,β-unsaturated/α-hetero) is 1. The van der Waals surface area contributed by atoms with E-state index in [4.69, 9.17) is 0 Å². The number of carbonyl (C=O) groups excluding carboxylic acids is 2. The molecule has 0 heterocycles. The van der Waals surface area contributed by atoms with Gasteiger partial charge in [-0.1, -0.05) is 38.1 Å². The Morgan fingerprint density at radius 1 is 1.14 bits per heavy atom. The van der Waals surface area contributed by atoms with E-state index in [1.807, 2.05) is 13.8 Å². The lowest BCUT2D eigenvalue weighted by atomic mass is 9.86. The fraction of sp³-hybridized carbons (Fsp3) is 0.467. The van der Waals surface area contributed by atoms with Gasteiger partial charge in [-0.3, -0.25) is 4.79 Å². The third-order valence-corrected chi connectivity index (χ3v) is 4.26. The molecule has 6 heteroatoms. The van der Waals surface area contributed by atoms with Gasteiger partial charge in [0.1, 0.15) is 9.84 Å². The van der Waals surface area contributed by atoms with Gasteiger partial charge in [0, 0.05) is 17.2 Å². The molecular formula is C15H20O5S. The number of ether oxygens (including phenoxy) is 1. The zero-order valence-corrected chi connectivity index (χ0v) is 13.5. The van der Waals surface area contributed by atoms with Gasteiger partial charge in [-0.25, -0.2) is 13.2 Å². The first-order chi connectivity index (χ1) is 9.57. The molecule has 5 nitrogen and oxygen atoms in total. The molecule has 0 aliphatic rings. The highest BCUT2D eigenvalue weighted by molar-refractivity contribution is 7.90. The van der Waals surface area contributed by atoms with Crippen molar-refractivity contribution in [2.75, 3.05) is 18.6 Å². The molecule has 0 spiro atoms. The Labute approximate surface area is 125 Å². The second-order valence-electron chi connectivity index (χ2n) is 5.58. The lowest BCUT2D eigenvalue weighted by Crippen LogP contribution is -2.27. The van der Waals surface area contributed by atoms with Crippen molar-refractivity contribution in [3.63, 3.8) is 0 Å². The van der Waals surface area contributed by atoms with E-state index < -0.39 is 27.0 Å². The first-order valence-electron chi connectivity index (χ1n) is 6.56. The Hall–Kier alpha value is -1.69. The molecule has 0 amide bonds. The van der Waals surface area contributed by atoms with Crippen LogP contribution < -0.4 is 0 Å². The highest BCUT2D eigenvalue weighted by atomic mass is 32.2. The number of carbonyl (C=O) groups is 2. The monoisotopic (exact) mass is 312 g/mol. The maximum absolute atomic E-state index is 11.8. The van der Waals surface area contributed by atoms with Gasteiger partial charge < -0.3 is 4.74 Å². The van der Waals surface area contributed by atoms with E-state index >= 15 is 0 Å². The third kappa shape index (κ3) is 4.97. The molecule has 0 aromatic heterocycles. The SMILES string of the molecule is CCOC(=O)C(=O)c1ccc(C(C)(C)CS(C)(=O)=O)cc1. The van der Waals surface area contributed by atoms with Crippen LogP contribution in [-0.2, 0) is 24.8 Å². The number of rotatable bonds is 6. The molecule has 0 radical (unpaired) electrons. The highest BCUT2D eigenvalue weighted by Gasteiger charge is 2.26. The van der Waals surface area contributed by atoms with E-state index in [2.05, 4.69) is 4.74 Å². The third-order valence-electron chi connectivity index (χ3n) is 3.01. The van der Waals surface area contributed by atoms with E-state index in [0.29, 0.717) is 0 Å². The predicted octanol–water partition coefficient (Wildman–Crippen LogP) is 1.75. The highest BCUT2D eigenvalue weighted by Crippen LogP contribution is 2.25. The number of hydrogen-bond acceptors (Lipinski definition) is 5. The minimum Gasteiger partial charge on any atom is -0.460 e. The van der Waals surface area contributed by atoms with Crippen LogP contribution in [-0.4, -0.2) is 38.8 Å². The summed E-state index contributed by atoms with van der Waals surface area (Å²) in [4.78, 5) is 23.1. The zero-order valence-electron chi connectivity index (χ0n) is 12.7. The molecule has 21 heavy (non-hydrogen) atoms. The van der Waals surface area contributed by atoms with Crippen molar-refractivity contribution in [3.8, 4) is 0 Å².